The number of benzene rings is 2. The number of ether oxygens (including phenoxy) is 3. The summed E-state index contributed by atoms with van der Waals surface area (Å²) in [6, 6.07) is 12.1. The molecular weight excluding hydrogens is 356 g/mol. The predicted octanol–water partition coefficient (Wildman–Crippen LogP) is 4.41. The van der Waals surface area contributed by atoms with Crippen molar-refractivity contribution in [1.82, 2.24) is 9.97 Å². The van der Waals surface area contributed by atoms with Crippen LogP contribution in [0.15, 0.2) is 48.7 Å². The van der Waals surface area contributed by atoms with E-state index in [0.717, 1.165) is 5.52 Å². The van der Waals surface area contributed by atoms with Gasteiger partial charge in [0.1, 0.15) is 11.5 Å². The van der Waals surface area contributed by atoms with Gasteiger partial charge in [0.25, 0.3) is 0 Å². The van der Waals surface area contributed by atoms with Gasteiger partial charge in [0, 0.05) is 5.02 Å². The summed E-state index contributed by atoms with van der Waals surface area (Å²) in [6.45, 7) is 3.70. The van der Waals surface area contributed by atoms with Crippen LogP contribution in [0.25, 0.3) is 11.0 Å². The third kappa shape index (κ3) is 4.40. The fraction of sp³-hybridized carbons (Fsp3) is 0.211. The van der Waals surface area contributed by atoms with Gasteiger partial charge in [0.05, 0.1) is 23.8 Å². The minimum absolute atomic E-state index is 0.317. The maximum Gasteiger partial charge on any atom is 0.347 e. The van der Waals surface area contributed by atoms with Crippen molar-refractivity contribution in [2.75, 3.05) is 6.61 Å². The average Bonchev–Trinajstić information content (AvgIpc) is 2.63. The van der Waals surface area contributed by atoms with E-state index < -0.39 is 12.1 Å². The van der Waals surface area contributed by atoms with E-state index in [1.807, 2.05) is 0 Å². The first-order valence-corrected chi connectivity index (χ1v) is 8.46. The van der Waals surface area contributed by atoms with E-state index >= 15 is 0 Å². The van der Waals surface area contributed by atoms with Crippen LogP contribution in [-0.4, -0.2) is 28.6 Å². The molecule has 1 atom stereocenters. The van der Waals surface area contributed by atoms with Gasteiger partial charge in [0.2, 0.25) is 5.88 Å². The average molecular weight is 373 g/mol. The number of aromatic nitrogens is 2. The highest BCUT2D eigenvalue weighted by atomic mass is 35.5. The van der Waals surface area contributed by atoms with Gasteiger partial charge in [0.15, 0.2) is 6.10 Å². The van der Waals surface area contributed by atoms with Crippen LogP contribution in [0.4, 0.5) is 0 Å². The Morgan fingerprint density at radius 1 is 1.12 bits per heavy atom. The number of fused-ring (bicyclic) bond motifs is 1. The summed E-state index contributed by atoms with van der Waals surface area (Å²) in [7, 11) is 0. The maximum absolute atomic E-state index is 11.6. The minimum Gasteiger partial charge on any atom is -0.479 e. The SMILES string of the molecule is CCOC(=O)C(C)Oc1ccc(Oc2cnc3ccc(Cl)cc3n2)cc1. The topological polar surface area (TPSA) is 70.5 Å². The zero-order valence-electron chi connectivity index (χ0n) is 14.3. The maximum atomic E-state index is 11.6. The second-order valence-electron chi connectivity index (χ2n) is 5.43. The second-order valence-corrected chi connectivity index (χ2v) is 5.86. The standard InChI is InChI=1S/C19H17ClN2O4/c1-3-24-19(23)12(2)25-14-5-7-15(8-6-14)26-18-11-21-16-9-4-13(20)10-17(16)22-18/h4-12H,3H2,1-2H3. The van der Waals surface area contributed by atoms with Crippen LogP contribution in [0.3, 0.4) is 0 Å². The summed E-state index contributed by atoms with van der Waals surface area (Å²) in [5.41, 5.74) is 1.39. The molecule has 0 aliphatic heterocycles. The molecule has 1 aromatic heterocycles. The van der Waals surface area contributed by atoms with Crippen LogP contribution in [-0.2, 0) is 9.53 Å². The summed E-state index contributed by atoms with van der Waals surface area (Å²) in [6.07, 6.45) is 0.863. The van der Waals surface area contributed by atoms with Crippen molar-refractivity contribution in [3.05, 3.63) is 53.7 Å². The van der Waals surface area contributed by atoms with Crippen LogP contribution in [0.1, 0.15) is 13.8 Å². The van der Waals surface area contributed by atoms with Crippen LogP contribution in [0.2, 0.25) is 5.02 Å². The van der Waals surface area contributed by atoms with Crippen LogP contribution in [0.5, 0.6) is 17.4 Å². The highest BCUT2D eigenvalue weighted by Crippen LogP contribution is 2.25. The molecule has 134 valence electrons. The Labute approximate surface area is 155 Å². The van der Waals surface area contributed by atoms with E-state index in [9.17, 15) is 4.79 Å². The lowest BCUT2D eigenvalue weighted by Crippen LogP contribution is -2.25. The molecule has 3 aromatic rings. The number of hydrogen-bond acceptors (Lipinski definition) is 6. The van der Waals surface area contributed by atoms with E-state index in [4.69, 9.17) is 25.8 Å². The molecule has 0 N–H and O–H groups in total. The lowest BCUT2D eigenvalue weighted by molar-refractivity contribution is -0.150. The first-order chi connectivity index (χ1) is 12.5. The van der Waals surface area contributed by atoms with E-state index in [-0.39, 0.29) is 0 Å². The molecule has 0 saturated carbocycles. The number of halogens is 1. The normalized spacial score (nSPS) is 11.8. The molecule has 2 aromatic carbocycles. The number of nitrogens with zero attached hydrogens (tertiary/aromatic N) is 2. The molecule has 0 fully saturated rings. The van der Waals surface area contributed by atoms with Gasteiger partial charge in [-0.15, -0.1) is 0 Å². The van der Waals surface area contributed by atoms with Crippen molar-refractivity contribution >= 4 is 28.6 Å². The van der Waals surface area contributed by atoms with Crippen LogP contribution < -0.4 is 9.47 Å². The number of esters is 1. The van der Waals surface area contributed by atoms with Crippen LogP contribution >= 0.6 is 11.6 Å². The Morgan fingerprint density at radius 2 is 1.85 bits per heavy atom. The van der Waals surface area contributed by atoms with E-state index in [2.05, 4.69) is 9.97 Å². The summed E-state index contributed by atoms with van der Waals surface area (Å²) >= 11 is 5.98. The molecule has 7 heteroatoms. The predicted molar refractivity (Wildman–Crippen MR) is 97.8 cm³/mol. The summed E-state index contributed by atoms with van der Waals surface area (Å²) < 4.78 is 16.1. The monoisotopic (exact) mass is 372 g/mol. The molecule has 3 rings (SSSR count). The smallest absolute Gasteiger partial charge is 0.347 e. The Kier molecular flexibility index (Phi) is 5.53. The third-order valence-corrected chi connectivity index (χ3v) is 3.69. The molecule has 1 heterocycles. The highest BCUT2D eigenvalue weighted by Gasteiger charge is 2.15. The van der Waals surface area contributed by atoms with Gasteiger partial charge in [-0.05, 0) is 56.3 Å². The highest BCUT2D eigenvalue weighted by molar-refractivity contribution is 6.31. The molecule has 0 saturated heterocycles. The molecule has 0 spiro atoms. The van der Waals surface area contributed by atoms with Crippen molar-refractivity contribution < 1.29 is 19.0 Å². The number of hydrogen-bond donors (Lipinski definition) is 0. The Balaban J connectivity index is 1.68. The molecule has 0 radical (unpaired) electrons. The lowest BCUT2D eigenvalue weighted by Gasteiger charge is -2.13. The van der Waals surface area contributed by atoms with Crippen molar-refractivity contribution in [2.45, 2.75) is 20.0 Å². The van der Waals surface area contributed by atoms with Gasteiger partial charge in [-0.1, -0.05) is 11.6 Å². The molecule has 6 nitrogen and oxygen atoms in total. The molecule has 0 aliphatic rings. The largest absolute Gasteiger partial charge is 0.479 e. The van der Waals surface area contributed by atoms with Crippen molar-refractivity contribution in [3.8, 4) is 17.4 Å². The van der Waals surface area contributed by atoms with Crippen molar-refractivity contribution in [2.24, 2.45) is 0 Å². The summed E-state index contributed by atoms with van der Waals surface area (Å²) in [5.74, 6) is 1.05. The fourth-order valence-corrected chi connectivity index (χ4v) is 2.40. The Bertz CT molecular complexity index is 915. The second kappa shape index (κ2) is 8.01. The lowest BCUT2D eigenvalue weighted by atomic mass is 10.3. The quantitative estimate of drug-likeness (QED) is 0.597. The van der Waals surface area contributed by atoms with Crippen molar-refractivity contribution in [1.29, 1.82) is 0 Å². The minimum atomic E-state index is -0.683. The molecule has 0 aliphatic carbocycles. The Hall–Kier alpha value is -2.86. The molecule has 0 amide bonds. The molecule has 1 unspecified atom stereocenters. The molecular formula is C19H17ClN2O4. The third-order valence-electron chi connectivity index (χ3n) is 3.46. The zero-order chi connectivity index (χ0) is 18.5. The fourth-order valence-electron chi connectivity index (χ4n) is 2.24. The summed E-state index contributed by atoms with van der Waals surface area (Å²) in [5, 5.41) is 0.584. The van der Waals surface area contributed by atoms with Crippen molar-refractivity contribution in [3.63, 3.8) is 0 Å². The van der Waals surface area contributed by atoms with Gasteiger partial charge in [-0.25, -0.2) is 14.8 Å². The molecule has 0 bridgehead atoms. The van der Waals surface area contributed by atoms with E-state index in [0.29, 0.717) is 34.5 Å². The van der Waals surface area contributed by atoms with Gasteiger partial charge < -0.3 is 14.2 Å². The number of carbonyl (C=O) groups is 1. The number of carbonyl (C=O) groups excluding carboxylic acids is 1. The molecule has 26 heavy (non-hydrogen) atoms. The zero-order valence-corrected chi connectivity index (χ0v) is 15.1. The summed E-state index contributed by atoms with van der Waals surface area (Å²) in [4.78, 5) is 20.3. The van der Waals surface area contributed by atoms with E-state index in [1.165, 1.54) is 0 Å². The van der Waals surface area contributed by atoms with Gasteiger partial charge >= 0.3 is 5.97 Å². The first kappa shape index (κ1) is 17.9. The van der Waals surface area contributed by atoms with Gasteiger partial charge in [-0.2, -0.15) is 0 Å². The van der Waals surface area contributed by atoms with Gasteiger partial charge in [-0.3, -0.25) is 0 Å². The Morgan fingerprint density at radius 3 is 2.58 bits per heavy atom. The van der Waals surface area contributed by atoms with E-state index in [1.54, 1.807) is 62.5 Å². The number of rotatable bonds is 6. The first-order valence-electron chi connectivity index (χ1n) is 8.08. The van der Waals surface area contributed by atoms with Crippen LogP contribution in [0, 0.1) is 0 Å².